The van der Waals surface area contributed by atoms with Crippen LogP contribution in [0.1, 0.15) is 25.8 Å². The van der Waals surface area contributed by atoms with Gasteiger partial charge in [0.25, 0.3) is 0 Å². The van der Waals surface area contributed by atoms with Gasteiger partial charge in [-0.3, -0.25) is 4.48 Å². The van der Waals surface area contributed by atoms with Crippen molar-refractivity contribution in [1.82, 2.24) is 4.48 Å². The number of phenols is 1. The molecule has 0 saturated heterocycles. The van der Waals surface area contributed by atoms with Crippen LogP contribution in [0, 0.1) is 0 Å². The highest BCUT2D eigenvalue weighted by Crippen LogP contribution is 2.42. The molecule has 0 saturated carbocycles. The van der Waals surface area contributed by atoms with Crippen LogP contribution in [-0.2, 0) is 6.42 Å². The molecule has 4 heteroatoms. The Kier molecular flexibility index (Phi) is 4.44. The van der Waals surface area contributed by atoms with Crippen LogP contribution >= 0.6 is 0 Å². The lowest BCUT2D eigenvalue weighted by molar-refractivity contribution is -0.00000445. The third-order valence-corrected chi connectivity index (χ3v) is 4.00. The number of aromatic hydroxyl groups is 1. The number of hydrogen-bond donors (Lipinski definition) is 2. The molecule has 0 amide bonds. The molecule has 1 aliphatic rings. The van der Waals surface area contributed by atoms with Gasteiger partial charge in [-0.15, -0.1) is 0 Å². The average Bonchev–Trinajstić information content (AvgIpc) is 2.33. The Morgan fingerprint density at radius 3 is 2.53 bits per heavy atom. The van der Waals surface area contributed by atoms with Crippen molar-refractivity contribution in [2.75, 3.05) is 25.4 Å². The molecule has 0 atom stereocenters. The summed E-state index contributed by atoms with van der Waals surface area (Å²) in [4.78, 5) is 0. The molecule has 0 aliphatic carbocycles. The molecule has 0 bridgehead atoms. The first kappa shape index (κ1) is 14.3. The van der Waals surface area contributed by atoms with Crippen molar-refractivity contribution in [2.24, 2.45) is 0 Å². The van der Waals surface area contributed by atoms with Crippen LogP contribution in [0.2, 0.25) is 0 Å². The molecule has 2 rings (SSSR count). The van der Waals surface area contributed by atoms with Crippen LogP contribution in [0.15, 0.2) is 12.1 Å². The van der Waals surface area contributed by atoms with E-state index in [1.54, 1.807) is 6.07 Å². The zero-order valence-corrected chi connectivity index (χ0v) is 12.1. The van der Waals surface area contributed by atoms with Crippen molar-refractivity contribution in [1.29, 1.82) is 0 Å². The molecule has 0 spiro atoms. The molecule has 0 aromatic heterocycles. The van der Waals surface area contributed by atoms with Crippen molar-refractivity contribution in [3.05, 3.63) is 17.7 Å². The molecule has 1 aromatic carbocycles. The zero-order chi connectivity index (χ0) is 11.8. The lowest BCUT2D eigenvalue weighted by atomic mass is 9.96. The van der Waals surface area contributed by atoms with E-state index in [2.05, 4.69) is 13.8 Å². The number of phenolic OH excluding ortho intramolecular Hbond substituents is 1. The number of benzene rings is 1. The maximum atomic E-state index is 10.1. The number of nitrogen functional groups attached to an aromatic ring is 1. The molecule has 17 heavy (non-hydrogen) atoms. The first-order chi connectivity index (χ1) is 7.64. The largest absolute Gasteiger partial charge is 1.00 e. The van der Waals surface area contributed by atoms with Gasteiger partial charge in [0.2, 0.25) is 0 Å². The normalized spacial score (nSPS) is 17.1. The van der Waals surface area contributed by atoms with Gasteiger partial charge >= 0.3 is 0 Å². The third-order valence-electron chi connectivity index (χ3n) is 4.00. The minimum Gasteiger partial charge on any atom is -1.00 e. The van der Waals surface area contributed by atoms with E-state index in [0.717, 1.165) is 53.9 Å². The predicted molar refractivity (Wildman–Crippen MR) is 68.6 cm³/mol. The Morgan fingerprint density at radius 1 is 1.29 bits per heavy atom. The Morgan fingerprint density at radius 2 is 1.94 bits per heavy atom. The average molecular weight is 301 g/mol. The fraction of sp³-hybridized carbons (Fsp3) is 0.538. The van der Waals surface area contributed by atoms with Gasteiger partial charge in [-0.1, -0.05) is 0 Å². The molecule has 3 nitrogen and oxygen atoms in total. The Balaban J connectivity index is 0.00000144. The standard InChI is InChI=1S/C13H20N2O.BrH/c1-3-15(4-2)9-5-6-10-11(14)7-8-12(16)13(10)15;/h7-8H,3-6,9,14H2,1-2H3;1H. The molecule has 96 valence electrons. The summed E-state index contributed by atoms with van der Waals surface area (Å²) in [6, 6.07) is 3.55. The van der Waals surface area contributed by atoms with Gasteiger partial charge < -0.3 is 27.8 Å². The van der Waals surface area contributed by atoms with Gasteiger partial charge in [0, 0.05) is 17.7 Å². The van der Waals surface area contributed by atoms with Crippen LogP contribution in [0.5, 0.6) is 5.75 Å². The van der Waals surface area contributed by atoms with E-state index in [4.69, 9.17) is 5.73 Å². The number of nitrogens with zero attached hydrogens (tertiary/aromatic N) is 1. The minimum absolute atomic E-state index is 0. The Labute approximate surface area is 114 Å². The highest BCUT2D eigenvalue weighted by Gasteiger charge is 2.36. The summed E-state index contributed by atoms with van der Waals surface area (Å²) in [6.07, 6.45) is 2.15. The molecule has 1 aromatic rings. The molecular weight excluding hydrogens is 280 g/mol. The van der Waals surface area contributed by atoms with Gasteiger partial charge in [0.1, 0.15) is 0 Å². The summed E-state index contributed by atoms with van der Waals surface area (Å²) in [5.41, 5.74) is 9.08. The van der Waals surface area contributed by atoms with Crippen LogP contribution in [0.25, 0.3) is 0 Å². The zero-order valence-electron chi connectivity index (χ0n) is 10.5. The first-order valence-electron chi connectivity index (χ1n) is 6.11. The van der Waals surface area contributed by atoms with E-state index in [1.165, 1.54) is 0 Å². The second kappa shape index (κ2) is 5.27. The fourth-order valence-corrected chi connectivity index (χ4v) is 2.96. The highest BCUT2D eigenvalue weighted by atomic mass is 79.9. The highest BCUT2D eigenvalue weighted by molar-refractivity contribution is 5.70. The second-order valence-electron chi connectivity index (χ2n) is 4.61. The summed E-state index contributed by atoms with van der Waals surface area (Å²) in [7, 11) is 0. The minimum atomic E-state index is 0. The maximum absolute atomic E-state index is 10.1. The lowest BCUT2D eigenvalue weighted by Crippen LogP contribution is -3.00. The molecule has 1 heterocycles. The number of nitrogens with two attached hydrogens (primary N) is 1. The number of fused-ring (bicyclic) bond motifs is 1. The number of hydrogen-bond acceptors (Lipinski definition) is 2. The molecular formula is C13H21BrN2O. The van der Waals surface area contributed by atoms with Crippen LogP contribution in [0.4, 0.5) is 11.4 Å². The third kappa shape index (κ3) is 2.16. The monoisotopic (exact) mass is 300 g/mol. The summed E-state index contributed by atoms with van der Waals surface area (Å²) >= 11 is 0. The van der Waals surface area contributed by atoms with Crippen LogP contribution in [-0.4, -0.2) is 24.7 Å². The van der Waals surface area contributed by atoms with Gasteiger partial charge in [0.05, 0.1) is 19.6 Å². The van der Waals surface area contributed by atoms with E-state index < -0.39 is 0 Å². The number of halogens is 1. The first-order valence-corrected chi connectivity index (χ1v) is 6.11. The van der Waals surface area contributed by atoms with Crippen molar-refractivity contribution in [3.8, 4) is 5.75 Å². The number of anilines is 1. The van der Waals surface area contributed by atoms with Gasteiger partial charge in [-0.05, 0) is 32.4 Å². The molecule has 3 N–H and O–H groups in total. The van der Waals surface area contributed by atoms with Crippen molar-refractivity contribution in [2.45, 2.75) is 26.7 Å². The van der Waals surface area contributed by atoms with Crippen molar-refractivity contribution < 1.29 is 22.1 Å². The number of rotatable bonds is 2. The lowest BCUT2D eigenvalue weighted by Gasteiger charge is -2.41. The molecule has 0 unspecified atom stereocenters. The maximum Gasteiger partial charge on any atom is 0.180 e. The molecule has 0 radical (unpaired) electrons. The smallest absolute Gasteiger partial charge is 0.180 e. The Bertz CT molecular complexity index is 403. The summed E-state index contributed by atoms with van der Waals surface area (Å²) < 4.78 is 0.867. The van der Waals surface area contributed by atoms with Crippen molar-refractivity contribution >= 4 is 11.4 Å². The van der Waals surface area contributed by atoms with E-state index >= 15 is 0 Å². The summed E-state index contributed by atoms with van der Waals surface area (Å²) in [6.45, 7) is 7.50. The van der Waals surface area contributed by atoms with E-state index in [1.807, 2.05) is 6.07 Å². The quantitative estimate of drug-likeness (QED) is 0.430. The van der Waals surface area contributed by atoms with Crippen LogP contribution < -0.4 is 27.2 Å². The topological polar surface area (TPSA) is 46.2 Å². The SMILES string of the molecule is CC[N+]1(CC)CCCc2c(N)ccc(O)c21.[Br-]. The van der Waals surface area contributed by atoms with Crippen molar-refractivity contribution in [3.63, 3.8) is 0 Å². The van der Waals surface area contributed by atoms with Gasteiger partial charge in [0.15, 0.2) is 11.4 Å². The van der Waals surface area contributed by atoms with E-state index in [9.17, 15) is 5.11 Å². The van der Waals surface area contributed by atoms with E-state index in [-0.39, 0.29) is 17.0 Å². The summed E-state index contributed by atoms with van der Waals surface area (Å²) in [5.74, 6) is 0.410. The number of quaternary nitrogens is 1. The molecule has 1 aliphatic heterocycles. The summed E-state index contributed by atoms with van der Waals surface area (Å²) in [5, 5.41) is 10.1. The Hall–Kier alpha value is -0.740. The van der Waals surface area contributed by atoms with Crippen LogP contribution in [0.3, 0.4) is 0 Å². The predicted octanol–water partition coefficient (Wildman–Crippen LogP) is -0.728. The molecule has 0 fully saturated rings. The van der Waals surface area contributed by atoms with Gasteiger partial charge in [-0.25, -0.2) is 0 Å². The second-order valence-corrected chi connectivity index (χ2v) is 4.61. The van der Waals surface area contributed by atoms with Gasteiger partial charge in [-0.2, -0.15) is 0 Å². The fourth-order valence-electron chi connectivity index (χ4n) is 2.96. The van der Waals surface area contributed by atoms with E-state index in [0.29, 0.717) is 5.75 Å².